The summed E-state index contributed by atoms with van der Waals surface area (Å²) in [5, 5.41) is 10.5. The fourth-order valence-electron chi connectivity index (χ4n) is 2.87. The predicted molar refractivity (Wildman–Crippen MR) is 105 cm³/mol. The second-order valence-corrected chi connectivity index (χ2v) is 8.46. The molecule has 0 radical (unpaired) electrons. The number of nitrogens with one attached hydrogen (secondary N) is 2. The van der Waals surface area contributed by atoms with Crippen LogP contribution in [-0.4, -0.2) is 57.4 Å². The Morgan fingerprint density at radius 3 is 2.69 bits per heavy atom. The molecule has 8 nitrogen and oxygen atoms in total. The first-order valence-corrected chi connectivity index (χ1v) is 9.50. The number of rotatable bonds is 3. The SMILES string of the molecule is CN1CCC(Nc2cc(NC(=O)OC(C)(C)C)n3ncc(Br)c3n2)CC1. The molecule has 26 heavy (non-hydrogen) atoms. The van der Waals surface area contributed by atoms with Crippen LogP contribution in [-0.2, 0) is 4.74 Å². The van der Waals surface area contributed by atoms with Crippen molar-refractivity contribution in [3.05, 3.63) is 16.7 Å². The lowest BCUT2D eigenvalue weighted by atomic mass is 10.1. The molecule has 2 N–H and O–H groups in total. The third kappa shape index (κ3) is 4.64. The van der Waals surface area contributed by atoms with Crippen molar-refractivity contribution in [3.8, 4) is 0 Å². The van der Waals surface area contributed by atoms with Gasteiger partial charge in [0.25, 0.3) is 0 Å². The Bertz CT molecular complexity index is 792. The van der Waals surface area contributed by atoms with E-state index in [0.717, 1.165) is 30.4 Å². The molecular formula is C17H25BrN6O2. The van der Waals surface area contributed by atoms with E-state index in [2.05, 4.69) is 48.6 Å². The van der Waals surface area contributed by atoms with Crippen LogP contribution in [0.5, 0.6) is 0 Å². The number of halogens is 1. The van der Waals surface area contributed by atoms with Crippen LogP contribution < -0.4 is 10.6 Å². The van der Waals surface area contributed by atoms with E-state index in [4.69, 9.17) is 4.74 Å². The standard InChI is InChI=1S/C17H25BrN6O2/c1-17(2,3)26-16(25)22-14-9-13(20-11-5-7-23(4)8-6-11)21-15-12(18)10-19-24(14)15/h9-11H,5-8H2,1-4H3,(H,20,21)(H,22,25). The summed E-state index contributed by atoms with van der Waals surface area (Å²) in [6, 6.07) is 2.14. The molecule has 0 bridgehead atoms. The van der Waals surface area contributed by atoms with E-state index in [1.807, 2.05) is 20.8 Å². The van der Waals surface area contributed by atoms with Crippen molar-refractivity contribution in [1.82, 2.24) is 19.5 Å². The van der Waals surface area contributed by atoms with Crippen molar-refractivity contribution in [3.63, 3.8) is 0 Å². The average molecular weight is 425 g/mol. The molecule has 0 aliphatic carbocycles. The van der Waals surface area contributed by atoms with Gasteiger partial charge in [0.2, 0.25) is 0 Å². The van der Waals surface area contributed by atoms with Gasteiger partial charge in [-0.1, -0.05) is 0 Å². The zero-order chi connectivity index (χ0) is 18.9. The molecule has 0 saturated carbocycles. The highest BCUT2D eigenvalue weighted by atomic mass is 79.9. The van der Waals surface area contributed by atoms with E-state index in [0.29, 0.717) is 23.3 Å². The maximum absolute atomic E-state index is 12.2. The van der Waals surface area contributed by atoms with Crippen molar-refractivity contribution in [2.75, 3.05) is 30.8 Å². The Labute approximate surface area is 161 Å². The number of carbonyl (C=O) groups excluding carboxylic acids is 1. The normalized spacial score (nSPS) is 16.7. The number of carbonyl (C=O) groups is 1. The van der Waals surface area contributed by atoms with Gasteiger partial charge in [0.15, 0.2) is 5.65 Å². The van der Waals surface area contributed by atoms with Gasteiger partial charge in [-0.15, -0.1) is 0 Å². The van der Waals surface area contributed by atoms with Crippen LogP contribution >= 0.6 is 15.9 Å². The first-order valence-electron chi connectivity index (χ1n) is 8.70. The summed E-state index contributed by atoms with van der Waals surface area (Å²) in [6.07, 6.45) is 3.24. The van der Waals surface area contributed by atoms with E-state index in [9.17, 15) is 4.79 Å². The van der Waals surface area contributed by atoms with Crippen LogP contribution in [0.4, 0.5) is 16.4 Å². The van der Waals surface area contributed by atoms with Crippen LogP contribution in [0.15, 0.2) is 16.7 Å². The molecule has 1 amide bonds. The lowest BCUT2D eigenvalue weighted by Gasteiger charge is -2.29. The number of hydrogen-bond donors (Lipinski definition) is 2. The molecule has 9 heteroatoms. The van der Waals surface area contributed by atoms with Gasteiger partial charge in [0, 0.05) is 12.1 Å². The Kier molecular flexibility index (Phi) is 5.38. The summed E-state index contributed by atoms with van der Waals surface area (Å²) < 4.78 is 7.69. The highest BCUT2D eigenvalue weighted by Gasteiger charge is 2.20. The maximum atomic E-state index is 12.2. The Morgan fingerprint density at radius 1 is 1.35 bits per heavy atom. The number of aromatic nitrogens is 3. The van der Waals surface area contributed by atoms with Crippen LogP contribution in [0.25, 0.3) is 5.65 Å². The highest BCUT2D eigenvalue weighted by Crippen LogP contribution is 2.24. The van der Waals surface area contributed by atoms with Crippen molar-refractivity contribution in [2.24, 2.45) is 0 Å². The molecule has 3 rings (SSSR count). The second-order valence-electron chi connectivity index (χ2n) is 7.60. The van der Waals surface area contributed by atoms with Gasteiger partial charge < -0.3 is 15.0 Å². The number of likely N-dealkylation sites (tertiary alicyclic amines) is 1. The Balaban J connectivity index is 1.83. The first kappa shape index (κ1) is 18.9. The summed E-state index contributed by atoms with van der Waals surface area (Å²) in [5.74, 6) is 1.21. The molecule has 142 valence electrons. The molecule has 2 aromatic heterocycles. The largest absolute Gasteiger partial charge is 0.444 e. The fraction of sp³-hybridized carbons (Fsp3) is 0.588. The lowest BCUT2D eigenvalue weighted by molar-refractivity contribution is 0.0635. The molecule has 1 fully saturated rings. The van der Waals surface area contributed by atoms with Gasteiger partial charge in [-0.25, -0.2) is 9.78 Å². The molecule has 1 saturated heterocycles. The van der Waals surface area contributed by atoms with Crippen LogP contribution in [0.3, 0.4) is 0 Å². The van der Waals surface area contributed by atoms with E-state index in [1.165, 1.54) is 0 Å². The second kappa shape index (κ2) is 7.40. The third-order valence-corrected chi connectivity index (χ3v) is 4.69. The number of hydrogen-bond acceptors (Lipinski definition) is 6. The third-order valence-electron chi connectivity index (χ3n) is 4.13. The fourth-order valence-corrected chi connectivity index (χ4v) is 3.22. The topological polar surface area (TPSA) is 83.8 Å². The number of amides is 1. The monoisotopic (exact) mass is 424 g/mol. The summed E-state index contributed by atoms with van der Waals surface area (Å²) >= 11 is 3.46. The summed E-state index contributed by atoms with van der Waals surface area (Å²) in [4.78, 5) is 19.1. The van der Waals surface area contributed by atoms with Gasteiger partial charge in [-0.05, 0) is 69.7 Å². The van der Waals surface area contributed by atoms with Gasteiger partial charge in [0.05, 0.1) is 10.7 Å². The summed E-state index contributed by atoms with van der Waals surface area (Å²) in [5.41, 5.74) is 0.0600. The minimum atomic E-state index is -0.573. The average Bonchev–Trinajstić information content (AvgIpc) is 2.89. The zero-order valence-electron chi connectivity index (χ0n) is 15.5. The van der Waals surface area contributed by atoms with Crippen molar-refractivity contribution < 1.29 is 9.53 Å². The van der Waals surface area contributed by atoms with Crippen molar-refractivity contribution in [2.45, 2.75) is 45.3 Å². The number of anilines is 2. The number of nitrogens with zero attached hydrogens (tertiary/aromatic N) is 4. The number of fused-ring (bicyclic) bond motifs is 1. The molecule has 0 aromatic carbocycles. The molecule has 0 atom stereocenters. The molecule has 1 aliphatic rings. The molecule has 1 aliphatic heterocycles. The number of piperidine rings is 1. The van der Waals surface area contributed by atoms with Gasteiger partial charge in [-0.3, -0.25) is 5.32 Å². The van der Waals surface area contributed by atoms with Gasteiger partial charge in [-0.2, -0.15) is 9.61 Å². The molecule has 3 heterocycles. The summed E-state index contributed by atoms with van der Waals surface area (Å²) in [7, 11) is 2.13. The number of ether oxygens (including phenoxy) is 1. The molecular weight excluding hydrogens is 400 g/mol. The smallest absolute Gasteiger partial charge is 0.413 e. The summed E-state index contributed by atoms with van der Waals surface area (Å²) in [6.45, 7) is 7.59. The zero-order valence-corrected chi connectivity index (χ0v) is 17.1. The Hall–Kier alpha value is -1.87. The minimum Gasteiger partial charge on any atom is -0.444 e. The van der Waals surface area contributed by atoms with E-state index >= 15 is 0 Å². The molecule has 2 aromatic rings. The van der Waals surface area contributed by atoms with Crippen molar-refractivity contribution >= 4 is 39.3 Å². The predicted octanol–water partition coefficient (Wildman–Crippen LogP) is 3.34. The Morgan fingerprint density at radius 2 is 2.04 bits per heavy atom. The van der Waals surface area contributed by atoms with E-state index in [-0.39, 0.29) is 0 Å². The molecule has 0 spiro atoms. The van der Waals surface area contributed by atoms with Crippen LogP contribution in [0.2, 0.25) is 0 Å². The van der Waals surface area contributed by atoms with Crippen molar-refractivity contribution in [1.29, 1.82) is 0 Å². The lowest BCUT2D eigenvalue weighted by Crippen LogP contribution is -2.37. The minimum absolute atomic E-state index is 0.359. The quantitative estimate of drug-likeness (QED) is 0.785. The van der Waals surface area contributed by atoms with E-state index < -0.39 is 11.7 Å². The first-order chi connectivity index (χ1) is 12.2. The van der Waals surface area contributed by atoms with Gasteiger partial charge in [0.1, 0.15) is 17.2 Å². The van der Waals surface area contributed by atoms with Gasteiger partial charge >= 0.3 is 6.09 Å². The maximum Gasteiger partial charge on any atom is 0.413 e. The van der Waals surface area contributed by atoms with E-state index in [1.54, 1.807) is 16.8 Å². The highest BCUT2D eigenvalue weighted by molar-refractivity contribution is 9.10. The molecule has 0 unspecified atom stereocenters. The van der Waals surface area contributed by atoms with Crippen LogP contribution in [0.1, 0.15) is 33.6 Å². The van der Waals surface area contributed by atoms with Crippen LogP contribution in [0, 0.1) is 0 Å².